The van der Waals surface area contributed by atoms with Crippen LogP contribution in [0.5, 0.6) is 0 Å². The topological polar surface area (TPSA) is 86.8 Å². The second-order valence-corrected chi connectivity index (χ2v) is 11.1. The van der Waals surface area contributed by atoms with Gasteiger partial charge in [-0.05, 0) is 61.2 Å². The van der Waals surface area contributed by atoms with Crippen LogP contribution in [0.15, 0.2) is 42.5 Å². The zero-order valence-corrected chi connectivity index (χ0v) is 23.0. The molecule has 0 heterocycles. The van der Waals surface area contributed by atoms with E-state index in [1.54, 1.807) is 18.2 Å². The number of rotatable bonds is 13. The van der Waals surface area contributed by atoms with Crippen LogP contribution in [-0.2, 0) is 26.2 Å². The number of carbonyl (C=O) groups is 2. The number of sulfonamides is 1. The molecule has 2 amide bonds. The molecule has 1 N–H and O–H groups in total. The predicted molar refractivity (Wildman–Crippen MR) is 142 cm³/mol. The molecule has 0 saturated carbocycles. The first-order valence-electron chi connectivity index (χ1n) is 11.7. The van der Waals surface area contributed by atoms with Gasteiger partial charge in [-0.15, -0.1) is 0 Å². The monoisotopic (exact) mass is 559 g/mol. The molecule has 0 spiro atoms. The Balaban J connectivity index is 2.23. The lowest BCUT2D eigenvalue weighted by molar-refractivity contribution is -0.141. The average molecular weight is 561 g/mol. The molecular weight excluding hydrogens is 528 g/mol. The highest BCUT2D eigenvalue weighted by Gasteiger charge is 2.29. The number of nitrogens with one attached hydrogen (secondary N) is 1. The van der Waals surface area contributed by atoms with Crippen molar-refractivity contribution in [3.8, 4) is 0 Å². The van der Waals surface area contributed by atoms with Crippen LogP contribution in [0.1, 0.15) is 45.1 Å². The van der Waals surface area contributed by atoms with Crippen molar-refractivity contribution in [3.05, 3.63) is 63.9 Å². The van der Waals surface area contributed by atoms with Crippen molar-refractivity contribution in [2.45, 2.75) is 52.1 Å². The standard InChI is InChI=1S/C25H32Cl2FN3O4S/c1-4-14-29-25(33)23(5-2)30(17-18-8-9-19(26)16-22(18)27)24(32)7-6-15-31(36(3,34)35)21-12-10-20(28)11-13-21/h8-13,16,23H,4-7,14-15,17H2,1-3H3,(H,29,33)/t23-/m1/s1. The van der Waals surface area contributed by atoms with E-state index in [2.05, 4.69) is 5.32 Å². The van der Waals surface area contributed by atoms with Crippen molar-refractivity contribution < 1.29 is 22.4 Å². The maximum Gasteiger partial charge on any atom is 0.242 e. The zero-order chi connectivity index (χ0) is 26.9. The molecule has 0 unspecified atom stereocenters. The lowest BCUT2D eigenvalue weighted by Gasteiger charge is -2.31. The fourth-order valence-corrected chi connectivity index (χ4v) is 5.16. The van der Waals surface area contributed by atoms with Gasteiger partial charge in [-0.2, -0.15) is 0 Å². The molecule has 2 rings (SSSR count). The van der Waals surface area contributed by atoms with Crippen molar-refractivity contribution in [1.29, 1.82) is 0 Å². The number of carbonyl (C=O) groups excluding carboxylic acids is 2. The van der Waals surface area contributed by atoms with Crippen LogP contribution in [0, 0.1) is 5.82 Å². The van der Waals surface area contributed by atoms with Crippen LogP contribution in [-0.4, -0.2) is 50.5 Å². The summed E-state index contributed by atoms with van der Waals surface area (Å²) in [6.07, 6.45) is 2.39. The molecule has 198 valence electrons. The Morgan fingerprint density at radius 2 is 1.75 bits per heavy atom. The van der Waals surface area contributed by atoms with Crippen LogP contribution in [0.2, 0.25) is 10.0 Å². The van der Waals surface area contributed by atoms with Crippen LogP contribution in [0.4, 0.5) is 10.1 Å². The summed E-state index contributed by atoms with van der Waals surface area (Å²) in [6.45, 7) is 4.36. The van der Waals surface area contributed by atoms with Gasteiger partial charge in [-0.25, -0.2) is 12.8 Å². The molecule has 0 bridgehead atoms. The van der Waals surface area contributed by atoms with Crippen LogP contribution in [0.3, 0.4) is 0 Å². The predicted octanol–water partition coefficient (Wildman–Crippen LogP) is 5.01. The molecular formula is C25H32Cl2FN3O4S. The molecule has 2 aromatic rings. The second-order valence-electron chi connectivity index (χ2n) is 8.39. The van der Waals surface area contributed by atoms with Crippen molar-refractivity contribution in [1.82, 2.24) is 10.2 Å². The Kier molecular flexibility index (Phi) is 11.5. The first-order valence-corrected chi connectivity index (χ1v) is 14.3. The van der Waals surface area contributed by atoms with Gasteiger partial charge in [-0.3, -0.25) is 13.9 Å². The van der Waals surface area contributed by atoms with Gasteiger partial charge in [0.1, 0.15) is 11.9 Å². The van der Waals surface area contributed by atoms with Crippen LogP contribution < -0.4 is 9.62 Å². The van der Waals surface area contributed by atoms with Gasteiger partial charge in [0.25, 0.3) is 0 Å². The smallest absolute Gasteiger partial charge is 0.242 e. The molecule has 7 nitrogen and oxygen atoms in total. The summed E-state index contributed by atoms with van der Waals surface area (Å²) >= 11 is 12.3. The van der Waals surface area contributed by atoms with E-state index in [4.69, 9.17) is 23.2 Å². The molecule has 0 aliphatic rings. The van der Waals surface area contributed by atoms with Gasteiger partial charge in [0.15, 0.2) is 0 Å². The minimum atomic E-state index is -3.66. The third kappa shape index (κ3) is 8.64. The van der Waals surface area contributed by atoms with E-state index in [-0.39, 0.29) is 37.7 Å². The van der Waals surface area contributed by atoms with E-state index in [9.17, 15) is 22.4 Å². The van der Waals surface area contributed by atoms with E-state index < -0.39 is 21.9 Å². The normalized spacial score (nSPS) is 12.2. The third-order valence-electron chi connectivity index (χ3n) is 5.56. The van der Waals surface area contributed by atoms with E-state index in [1.165, 1.54) is 29.2 Å². The Hall–Kier alpha value is -2.36. The quantitative estimate of drug-likeness (QED) is 0.373. The Morgan fingerprint density at radius 3 is 2.31 bits per heavy atom. The van der Waals surface area contributed by atoms with Gasteiger partial charge >= 0.3 is 0 Å². The lowest BCUT2D eigenvalue weighted by Crippen LogP contribution is -2.49. The van der Waals surface area contributed by atoms with Crippen LogP contribution in [0.25, 0.3) is 0 Å². The minimum absolute atomic E-state index is 0.00399. The Bertz CT molecular complexity index is 1150. The second kappa shape index (κ2) is 13.8. The fourth-order valence-electron chi connectivity index (χ4n) is 3.73. The van der Waals surface area contributed by atoms with E-state index in [1.807, 2.05) is 13.8 Å². The number of hydrogen-bond donors (Lipinski definition) is 1. The number of amides is 2. The highest BCUT2D eigenvalue weighted by atomic mass is 35.5. The summed E-state index contributed by atoms with van der Waals surface area (Å²) in [5.41, 5.74) is 0.946. The Labute approximate surface area is 222 Å². The summed E-state index contributed by atoms with van der Waals surface area (Å²) in [7, 11) is -3.66. The van der Waals surface area contributed by atoms with E-state index in [0.717, 1.165) is 17.0 Å². The fraction of sp³-hybridized carbons (Fsp3) is 0.440. The largest absolute Gasteiger partial charge is 0.354 e. The first kappa shape index (κ1) is 29.9. The summed E-state index contributed by atoms with van der Waals surface area (Å²) in [5.74, 6) is -1.06. The van der Waals surface area contributed by atoms with Crippen molar-refractivity contribution in [2.75, 3.05) is 23.7 Å². The SMILES string of the molecule is CCCNC(=O)[C@@H](CC)N(Cc1ccc(Cl)cc1Cl)C(=O)CCCN(c1ccc(F)cc1)S(C)(=O)=O. The van der Waals surface area contributed by atoms with Gasteiger partial charge in [0.05, 0.1) is 11.9 Å². The first-order chi connectivity index (χ1) is 17.0. The summed E-state index contributed by atoms with van der Waals surface area (Å²) < 4.78 is 39.1. The number of nitrogens with zero attached hydrogens (tertiary/aromatic N) is 2. The summed E-state index contributed by atoms with van der Waals surface area (Å²) in [5, 5.41) is 3.68. The average Bonchev–Trinajstić information content (AvgIpc) is 2.81. The third-order valence-corrected chi connectivity index (χ3v) is 7.34. The number of benzene rings is 2. The molecule has 1 atom stereocenters. The molecule has 0 aromatic heterocycles. The lowest BCUT2D eigenvalue weighted by atomic mass is 10.1. The molecule has 0 saturated heterocycles. The van der Waals surface area contributed by atoms with Crippen molar-refractivity contribution in [2.24, 2.45) is 0 Å². The summed E-state index contributed by atoms with van der Waals surface area (Å²) in [4.78, 5) is 27.7. The maximum absolute atomic E-state index is 13.4. The van der Waals surface area contributed by atoms with Crippen molar-refractivity contribution in [3.63, 3.8) is 0 Å². The van der Waals surface area contributed by atoms with Gasteiger partial charge in [0.2, 0.25) is 21.8 Å². The van der Waals surface area contributed by atoms with Crippen molar-refractivity contribution >= 4 is 50.7 Å². The molecule has 2 aromatic carbocycles. The highest BCUT2D eigenvalue weighted by Crippen LogP contribution is 2.25. The molecule has 11 heteroatoms. The molecule has 0 radical (unpaired) electrons. The highest BCUT2D eigenvalue weighted by molar-refractivity contribution is 7.92. The number of hydrogen-bond acceptors (Lipinski definition) is 4. The zero-order valence-electron chi connectivity index (χ0n) is 20.6. The van der Waals surface area contributed by atoms with Gasteiger partial charge in [0, 0.05) is 36.1 Å². The number of halogens is 3. The molecule has 0 fully saturated rings. The molecule has 0 aliphatic heterocycles. The summed E-state index contributed by atoms with van der Waals surface area (Å²) in [6, 6.07) is 9.33. The maximum atomic E-state index is 13.4. The minimum Gasteiger partial charge on any atom is -0.354 e. The number of anilines is 1. The van der Waals surface area contributed by atoms with Gasteiger partial charge in [-0.1, -0.05) is 43.1 Å². The van der Waals surface area contributed by atoms with E-state index >= 15 is 0 Å². The van der Waals surface area contributed by atoms with Crippen LogP contribution >= 0.6 is 23.2 Å². The van der Waals surface area contributed by atoms with E-state index in [0.29, 0.717) is 34.3 Å². The van der Waals surface area contributed by atoms with Gasteiger partial charge < -0.3 is 10.2 Å². The Morgan fingerprint density at radius 1 is 1.08 bits per heavy atom. The molecule has 36 heavy (non-hydrogen) atoms. The molecule has 0 aliphatic carbocycles.